The average Bonchev–Trinajstić information content (AvgIpc) is 3.02. The van der Waals surface area contributed by atoms with Gasteiger partial charge in [-0.2, -0.15) is 0 Å². The zero-order valence-corrected chi connectivity index (χ0v) is 18.2. The Labute approximate surface area is 180 Å². The second-order valence-electron chi connectivity index (χ2n) is 6.32. The number of rotatable bonds is 6. The van der Waals surface area contributed by atoms with Gasteiger partial charge in [0.25, 0.3) is 5.91 Å². The lowest BCUT2D eigenvalue weighted by Gasteiger charge is -2.22. The van der Waals surface area contributed by atoms with Crippen molar-refractivity contribution in [3.63, 3.8) is 0 Å². The molecule has 5 nitrogen and oxygen atoms in total. The smallest absolute Gasteiger partial charge is 0.337 e. The van der Waals surface area contributed by atoms with Gasteiger partial charge in [0.05, 0.1) is 23.3 Å². The summed E-state index contributed by atoms with van der Waals surface area (Å²) in [7, 11) is 1.34. The van der Waals surface area contributed by atoms with Gasteiger partial charge in [0.2, 0.25) is 0 Å². The van der Waals surface area contributed by atoms with Crippen LogP contribution in [0, 0.1) is 0 Å². The summed E-state index contributed by atoms with van der Waals surface area (Å²) in [6, 6.07) is 14.8. The Bertz CT molecular complexity index is 949. The summed E-state index contributed by atoms with van der Waals surface area (Å²) < 4.78 is 5.20. The van der Waals surface area contributed by atoms with Crippen LogP contribution in [0.3, 0.4) is 0 Å². The van der Waals surface area contributed by atoms with Gasteiger partial charge in [0.15, 0.2) is 4.32 Å². The molecule has 0 aliphatic carbocycles. The highest BCUT2D eigenvalue weighted by Crippen LogP contribution is 2.36. The Hall–Kier alpha value is -2.64. The van der Waals surface area contributed by atoms with Crippen molar-refractivity contribution in [2.75, 3.05) is 30.0 Å². The Balaban J connectivity index is 1.80. The molecule has 0 bridgehead atoms. The molecular formula is C22H22N2O3S2. The van der Waals surface area contributed by atoms with E-state index in [-0.39, 0.29) is 5.91 Å². The van der Waals surface area contributed by atoms with Gasteiger partial charge in [-0.3, -0.25) is 9.69 Å². The zero-order chi connectivity index (χ0) is 21.0. The largest absolute Gasteiger partial charge is 0.465 e. The number of amides is 1. The topological polar surface area (TPSA) is 49.9 Å². The van der Waals surface area contributed by atoms with Gasteiger partial charge >= 0.3 is 5.97 Å². The fraction of sp³-hybridized carbons (Fsp3) is 0.227. The SMILES string of the molecule is CCN(CC)c1ccc(N2C(=O)C(=Cc3ccc(C(=O)OC)cc3)SC2=S)cc1. The molecule has 3 rings (SSSR count). The Morgan fingerprint density at radius 2 is 1.72 bits per heavy atom. The molecule has 0 spiro atoms. The summed E-state index contributed by atoms with van der Waals surface area (Å²) >= 11 is 6.72. The zero-order valence-electron chi connectivity index (χ0n) is 16.5. The number of carbonyl (C=O) groups is 2. The summed E-state index contributed by atoms with van der Waals surface area (Å²) in [6.45, 7) is 6.08. The molecule has 1 aliphatic rings. The first-order valence-corrected chi connectivity index (χ1v) is 10.5. The van der Waals surface area contributed by atoms with Crippen LogP contribution >= 0.6 is 24.0 Å². The molecule has 0 radical (unpaired) electrons. The molecule has 0 N–H and O–H groups in total. The van der Waals surface area contributed by atoms with Crippen molar-refractivity contribution in [1.29, 1.82) is 0 Å². The predicted octanol–water partition coefficient (Wildman–Crippen LogP) is 4.73. The Kier molecular flexibility index (Phi) is 6.71. The van der Waals surface area contributed by atoms with Crippen molar-refractivity contribution < 1.29 is 14.3 Å². The molecule has 1 fully saturated rings. The predicted molar refractivity (Wildman–Crippen MR) is 123 cm³/mol. The number of hydrogen-bond acceptors (Lipinski definition) is 6. The third-order valence-electron chi connectivity index (χ3n) is 4.66. The molecular weight excluding hydrogens is 404 g/mol. The highest BCUT2D eigenvalue weighted by atomic mass is 32.2. The van der Waals surface area contributed by atoms with Crippen molar-refractivity contribution in [1.82, 2.24) is 0 Å². The van der Waals surface area contributed by atoms with Crippen LogP contribution in [0.15, 0.2) is 53.4 Å². The monoisotopic (exact) mass is 426 g/mol. The first-order valence-electron chi connectivity index (χ1n) is 9.29. The van der Waals surface area contributed by atoms with E-state index in [9.17, 15) is 9.59 Å². The summed E-state index contributed by atoms with van der Waals surface area (Å²) in [5.41, 5.74) is 3.15. The second kappa shape index (κ2) is 9.24. The minimum atomic E-state index is -0.393. The third-order valence-corrected chi connectivity index (χ3v) is 5.96. The van der Waals surface area contributed by atoms with Crippen LogP contribution in [0.1, 0.15) is 29.8 Å². The lowest BCUT2D eigenvalue weighted by Crippen LogP contribution is -2.27. The fourth-order valence-corrected chi connectivity index (χ4v) is 4.38. The number of esters is 1. The number of thioether (sulfide) groups is 1. The van der Waals surface area contributed by atoms with E-state index in [0.29, 0.717) is 14.8 Å². The number of methoxy groups -OCH3 is 1. The Morgan fingerprint density at radius 3 is 2.28 bits per heavy atom. The van der Waals surface area contributed by atoms with Crippen molar-refractivity contribution >= 4 is 57.6 Å². The van der Waals surface area contributed by atoms with E-state index in [1.54, 1.807) is 35.2 Å². The molecule has 0 saturated carbocycles. The van der Waals surface area contributed by atoms with Gasteiger partial charge in [0, 0.05) is 18.8 Å². The van der Waals surface area contributed by atoms with E-state index in [1.165, 1.54) is 18.9 Å². The lowest BCUT2D eigenvalue weighted by molar-refractivity contribution is -0.113. The summed E-state index contributed by atoms with van der Waals surface area (Å²) in [5, 5.41) is 0. The first kappa shape index (κ1) is 21.1. The molecule has 1 heterocycles. The van der Waals surface area contributed by atoms with E-state index in [0.717, 1.165) is 30.0 Å². The minimum absolute atomic E-state index is 0.146. The lowest BCUT2D eigenvalue weighted by atomic mass is 10.1. The fourth-order valence-electron chi connectivity index (χ4n) is 3.08. The summed E-state index contributed by atoms with van der Waals surface area (Å²) in [4.78, 5) is 28.8. The highest BCUT2D eigenvalue weighted by Gasteiger charge is 2.33. The molecule has 0 unspecified atom stereocenters. The van der Waals surface area contributed by atoms with Crippen LogP contribution < -0.4 is 9.80 Å². The number of thiocarbonyl (C=S) groups is 1. The van der Waals surface area contributed by atoms with Crippen LogP contribution in [-0.2, 0) is 9.53 Å². The van der Waals surface area contributed by atoms with Gasteiger partial charge in [0.1, 0.15) is 0 Å². The van der Waals surface area contributed by atoms with E-state index in [2.05, 4.69) is 18.7 Å². The highest BCUT2D eigenvalue weighted by molar-refractivity contribution is 8.27. The first-order chi connectivity index (χ1) is 14.0. The molecule has 150 valence electrons. The maximum absolute atomic E-state index is 12.9. The molecule has 1 saturated heterocycles. The molecule has 2 aromatic carbocycles. The van der Waals surface area contributed by atoms with E-state index in [1.807, 2.05) is 24.3 Å². The molecule has 29 heavy (non-hydrogen) atoms. The quantitative estimate of drug-likeness (QED) is 0.378. The molecule has 1 amide bonds. The number of benzene rings is 2. The Morgan fingerprint density at radius 1 is 1.10 bits per heavy atom. The van der Waals surface area contributed by atoms with E-state index < -0.39 is 5.97 Å². The van der Waals surface area contributed by atoms with Crippen molar-refractivity contribution in [3.8, 4) is 0 Å². The van der Waals surface area contributed by atoms with E-state index in [4.69, 9.17) is 17.0 Å². The number of ether oxygens (including phenoxy) is 1. The van der Waals surface area contributed by atoms with Crippen LogP contribution in [0.5, 0.6) is 0 Å². The van der Waals surface area contributed by atoms with Gasteiger partial charge in [-0.05, 0) is 61.9 Å². The van der Waals surface area contributed by atoms with E-state index >= 15 is 0 Å². The van der Waals surface area contributed by atoms with Crippen LogP contribution in [0.2, 0.25) is 0 Å². The van der Waals surface area contributed by atoms with Crippen LogP contribution in [0.25, 0.3) is 6.08 Å². The molecule has 1 aliphatic heterocycles. The van der Waals surface area contributed by atoms with Crippen LogP contribution in [0.4, 0.5) is 11.4 Å². The number of hydrogen-bond donors (Lipinski definition) is 0. The maximum Gasteiger partial charge on any atom is 0.337 e. The standard InChI is InChI=1S/C22H22N2O3S2/c1-4-23(5-2)17-10-12-18(13-11-17)24-20(25)19(29-22(24)28)14-15-6-8-16(9-7-15)21(26)27-3/h6-14H,4-5H2,1-3H3. The average molecular weight is 427 g/mol. The number of nitrogens with zero attached hydrogens (tertiary/aromatic N) is 2. The van der Waals surface area contributed by atoms with Crippen molar-refractivity contribution in [3.05, 3.63) is 64.6 Å². The van der Waals surface area contributed by atoms with Gasteiger partial charge < -0.3 is 9.64 Å². The third kappa shape index (κ3) is 4.52. The summed E-state index contributed by atoms with van der Waals surface area (Å²) in [5.74, 6) is -0.538. The molecule has 2 aromatic rings. The van der Waals surface area contributed by atoms with Gasteiger partial charge in [-0.15, -0.1) is 0 Å². The minimum Gasteiger partial charge on any atom is -0.465 e. The van der Waals surface area contributed by atoms with Crippen molar-refractivity contribution in [2.24, 2.45) is 0 Å². The molecule has 0 aromatic heterocycles. The summed E-state index contributed by atoms with van der Waals surface area (Å²) in [6.07, 6.45) is 1.78. The normalized spacial score (nSPS) is 15.1. The van der Waals surface area contributed by atoms with Gasteiger partial charge in [-0.1, -0.05) is 36.1 Å². The number of anilines is 2. The van der Waals surface area contributed by atoms with Crippen molar-refractivity contribution in [2.45, 2.75) is 13.8 Å². The molecule has 0 atom stereocenters. The van der Waals surface area contributed by atoms with Gasteiger partial charge in [-0.25, -0.2) is 4.79 Å². The number of carbonyl (C=O) groups excluding carboxylic acids is 2. The second-order valence-corrected chi connectivity index (χ2v) is 8.00. The molecule has 7 heteroatoms. The maximum atomic E-state index is 12.9. The van der Waals surface area contributed by atoms with Crippen LogP contribution in [-0.4, -0.2) is 36.4 Å².